The number of nitrogens with zero attached hydrogens (tertiary/aromatic N) is 1. The van der Waals surface area contributed by atoms with Crippen molar-refractivity contribution in [2.45, 2.75) is 25.2 Å². The number of aliphatic hydroxyl groups excluding tert-OH is 1. The number of rotatable bonds is 2. The minimum Gasteiger partial charge on any atom is -0.390 e. The summed E-state index contributed by atoms with van der Waals surface area (Å²) in [6, 6.07) is 0. The maximum atomic E-state index is 11.3. The molecule has 0 unspecified atom stereocenters. The van der Waals surface area contributed by atoms with Gasteiger partial charge in [0.1, 0.15) is 0 Å². The van der Waals surface area contributed by atoms with Gasteiger partial charge in [0, 0.05) is 13.1 Å². The first kappa shape index (κ1) is 8.96. The Balaban J connectivity index is 2.62. The van der Waals surface area contributed by atoms with Gasteiger partial charge in [-0.1, -0.05) is 0 Å². The fourth-order valence-corrected chi connectivity index (χ4v) is 2.28. The van der Waals surface area contributed by atoms with E-state index in [1.54, 1.807) is 13.8 Å². The van der Waals surface area contributed by atoms with Gasteiger partial charge < -0.3 is 5.11 Å². The topological polar surface area (TPSA) is 57.6 Å². The zero-order chi connectivity index (χ0) is 8.65. The average molecular weight is 179 g/mol. The van der Waals surface area contributed by atoms with Crippen molar-refractivity contribution in [3.8, 4) is 0 Å². The lowest BCUT2D eigenvalue weighted by molar-refractivity contribution is 0.0543. The highest BCUT2D eigenvalue weighted by atomic mass is 32.2. The maximum Gasteiger partial charge on any atom is 0.216 e. The molecule has 66 valence electrons. The smallest absolute Gasteiger partial charge is 0.216 e. The van der Waals surface area contributed by atoms with Gasteiger partial charge in [0.2, 0.25) is 10.0 Å². The summed E-state index contributed by atoms with van der Waals surface area (Å²) in [5.74, 6) is 0. The van der Waals surface area contributed by atoms with E-state index in [1.165, 1.54) is 4.31 Å². The SMILES string of the molecule is CC(C)S(=O)(=O)N1CC(O)C1. The maximum absolute atomic E-state index is 11.3. The van der Waals surface area contributed by atoms with Crippen molar-refractivity contribution in [1.82, 2.24) is 4.31 Å². The molecule has 0 aliphatic carbocycles. The molecule has 5 heteroatoms. The van der Waals surface area contributed by atoms with Gasteiger partial charge in [0.05, 0.1) is 11.4 Å². The van der Waals surface area contributed by atoms with Gasteiger partial charge in [-0.25, -0.2) is 8.42 Å². The van der Waals surface area contributed by atoms with E-state index >= 15 is 0 Å². The Morgan fingerprint density at radius 3 is 2.18 bits per heavy atom. The van der Waals surface area contributed by atoms with E-state index in [9.17, 15) is 8.42 Å². The van der Waals surface area contributed by atoms with Crippen LogP contribution in [0.15, 0.2) is 0 Å². The van der Waals surface area contributed by atoms with Crippen LogP contribution in [0.4, 0.5) is 0 Å². The third-order valence-electron chi connectivity index (χ3n) is 1.78. The Kier molecular flexibility index (Phi) is 2.22. The lowest BCUT2D eigenvalue weighted by atomic mass is 10.2. The molecule has 0 radical (unpaired) electrons. The number of sulfonamides is 1. The van der Waals surface area contributed by atoms with Crippen molar-refractivity contribution < 1.29 is 13.5 Å². The molecule has 0 aromatic rings. The van der Waals surface area contributed by atoms with Crippen LogP contribution in [0.2, 0.25) is 0 Å². The van der Waals surface area contributed by atoms with Crippen LogP contribution in [-0.2, 0) is 10.0 Å². The fraction of sp³-hybridized carbons (Fsp3) is 1.00. The molecule has 1 aliphatic rings. The zero-order valence-electron chi connectivity index (χ0n) is 6.69. The number of aliphatic hydroxyl groups is 1. The van der Waals surface area contributed by atoms with Crippen molar-refractivity contribution >= 4 is 10.0 Å². The van der Waals surface area contributed by atoms with Gasteiger partial charge in [0.15, 0.2) is 0 Å². The van der Waals surface area contributed by atoms with E-state index < -0.39 is 16.1 Å². The number of hydrogen-bond acceptors (Lipinski definition) is 3. The summed E-state index contributed by atoms with van der Waals surface area (Å²) in [6.45, 7) is 3.81. The molecule has 1 rings (SSSR count). The molecule has 1 saturated heterocycles. The van der Waals surface area contributed by atoms with Crippen molar-refractivity contribution in [2.75, 3.05) is 13.1 Å². The fourth-order valence-electron chi connectivity index (χ4n) is 0.923. The van der Waals surface area contributed by atoms with Gasteiger partial charge in [-0.2, -0.15) is 4.31 Å². The molecule has 11 heavy (non-hydrogen) atoms. The van der Waals surface area contributed by atoms with Crippen molar-refractivity contribution in [3.05, 3.63) is 0 Å². The normalized spacial score (nSPS) is 22.2. The Labute approximate surface area is 66.9 Å². The van der Waals surface area contributed by atoms with Crippen molar-refractivity contribution in [3.63, 3.8) is 0 Å². The van der Waals surface area contributed by atoms with Crippen LogP contribution in [0.3, 0.4) is 0 Å². The van der Waals surface area contributed by atoms with Crippen molar-refractivity contribution in [2.24, 2.45) is 0 Å². The molecule has 0 aromatic carbocycles. The van der Waals surface area contributed by atoms with Gasteiger partial charge >= 0.3 is 0 Å². The van der Waals surface area contributed by atoms with Gasteiger partial charge in [0.25, 0.3) is 0 Å². The van der Waals surface area contributed by atoms with Crippen molar-refractivity contribution in [1.29, 1.82) is 0 Å². The highest BCUT2D eigenvalue weighted by Crippen LogP contribution is 2.16. The summed E-state index contributed by atoms with van der Waals surface area (Å²) in [5.41, 5.74) is 0. The van der Waals surface area contributed by atoms with Crippen LogP contribution in [0.1, 0.15) is 13.8 Å². The predicted octanol–water partition coefficient (Wildman–Crippen LogP) is -0.599. The molecular weight excluding hydrogens is 166 g/mol. The Morgan fingerprint density at radius 1 is 1.45 bits per heavy atom. The monoisotopic (exact) mass is 179 g/mol. The summed E-state index contributed by atoms with van der Waals surface area (Å²) in [4.78, 5) is 0. The molecule has 1 fully saturated rings. The van der Waals surface area contributed by atoms with Crippen LogP contribution in [0.25, 0.3) is 0 Å². The third kappa shape index (κ3) is 1.55. The van der Waals surface area contributed by atoms with E-state index in [2.05, 4.69) is 0 Å². The molecule has 0 aromatic heterocycles. The molecule has 0 bridgehead atoms. The van der Waals surface area contributed by atoms with Crippen LogP contribution in [0, 0.1) is 0 Å². The van der Waals surface area contributed by atoms with Crippen LogP contribution >= 0.6 is 0 Å². The van der Waals surface area contributed by atoms with Gasteiger partial charge in [-0.15, -0.1) is 0 Å². The summed E-state index contributed by atoms with van der Waals surface area (Å²) < 4.78 is 23.9. The average Bonchev–Trinajstić information content (AvgIpc) is 1.80. The highest BCUT2D eigenvalue weighted by molar-refractivity contribution is 7.89. The minimum absolute atomic E-state index is 0.264. The Bertz CT molecular complexity index is 228. The Hall–Kier alpha value is -0.130. The lowest BCUT2D eigenvalue weighted by Crippen LogP contribution is -2.55. The number of β-amino-alcohol motifs (C(OH)–C–C–N with tert-alkyl or cyclic N) is 1. The van der Waals surface area contributed by atoms with Crippen LogP contribution < -0.4 is 0 Å². The number of hydrogen-bond donors (Lipinski definition) is 1. The molecular formula is C6H13NO3S. The standard InChI is InChI=1S/C6H13NO3S/c1-5(2)11(9,10)7-3-6(8)4-7/h5-6,8H,3-4H2,1-2H3. The molecule has 1 N–H and O–H groups in total. The first-order valence-corrected chi connectivity index (χ1v) is 5.12. The summed E-state index contributed by atoms with van der Waals surface area (Å²) >= 11 is 0. The van der Waals surface area contributed by atoms with E-state index in [0.717, 1.165) is 0 Å². The molecule has 4 nitrogen and oxygen atoms in total. The molecule has 0 atom stereocenters. The second-order valence-corrected chi connectivity index (χ2v) is 5.55. The van der Waals surface area contributed by atoms with Crippen LogP contribution in [-0.4, -0.2) is 42.3 Å². The second-order valence-electron chi connectivity index (χ2n) is 3.06. The lowest BCUT2D eigenvalue weighted by Gasteiger charge is -2.35. The third-order valence-corrected chi connectivity index (χ3v) is 3.99. The Morgan fingerprint density at radius 2 is 1.91 bits per heavy atom. The van der Waals surface area contributed by atoms with E-state index in [-0.39, 0.29) is 18.3 Å². The minimum atomic E-state index is -3.10. The summed E-state index contributed by atoms with van der Waals surface area (Å²) in [6.07, 6.45) is -0.455. The largest absolute Gasteiger partial charge is 0.390 e. The molecule has 0 amide bonds. The first-order chi connectivity index (χ1) is 4.94. The highest BCUT2D eigenvalue weighted by Gasteiger charge is 2.35. The summed E-state index contributed by atoms with van der Waals surface area (Å²) in [7, 11) is -3.10. The predicted molar refractivity (Wildman–Crippen MR) is 41.6 cm³/mol. The van der Waals surface area contributed by atoms with Crippen LogP contribution in [0.5, 0.6) is 0 Å². The quantitative estimate of drug-likeness (QED) is 0.616. The zero-order valence-corrected chi connectivity index (χ0v) is 7.50. The van der Waals surface area contributed by atoms with E-state index in [1.807, 2.05) is 0 Å². The second kappa shape index (κ2) is 2.73. The summed E-state index contributed by atoms with van der Waals surface area (Å²) in [5, 5.41) is 8.48. The molecule has 0 spiro atoms. The van der Waals surface area contributed by atoms with Gasteiger partial charge in [-0.3, -0.25) is 0 Å². The van der Waals surface area contributed by atoms with E-state index in [0.29, 0.717) is 0 Å². The first-order valence-electron chi connectivity index (χ1n) is 3.61. The molecule has 1 aliphatic heterocycles. The van der Waals surface area contributed by atoms with Gasteiger partial charge in [-0.05, 0) is 13.8 Å². The molecule has 0 saturated carbocycles. The molecule has 1 heterocycles. The van der Waals surface area contributed by atoms with E-state index in [4.69, 9.17) is 5.11 Å².